The molecular formula is C44H55ClFN5O9. The lowest BCUT2D eigenvalue weighted by molar-refractivity contribution is -0.169. The molecule has 3 atom stereocenters. The number of hydrogen-bond donors (Lipinski definition) is 0. The fourth-order valence-corrected chi connectivity index (χ4v) is 9.15. The SMILES string of the molecule is COc1ccc(COC(=O)[C@@]2(C)CCCC[C@H]2C(=O)N2CCc3c(Cl)cc(F)c(OCc4nnn(COC(=O)C(C)(C)C)c4C)c3[C@H]2CN2CC3(CC3)CC2=O)c(OC)c1. The highest BCUT2D eigenvalue weighted by Gasteiger charge is 2.54. The van der Waals surface area contributed by atoms with Crippen molar-refractivity contribution < 1.29 is 47.3 Å². The second-order valence-electron chi connectivity index (χ2n) is 18.0. The number of fused-ring (bicyclic) bond motifs is 1. The van der Waals surface area contributed by atoms with Crippen LogP contribution in [0.15, 0.2) is 24.3 Å². The average molecular weight is 852 g/mol. The van der Waals surface area contributed by atoms with Crippen molar-refractivity contribution >= 4 is 35.4 Å². The first-order valence-electron chi connectivity index (χ1n) is 20.6. The molecule has 16 heteroatoms. The van der Waals surface area contributed by atoms with E-state index in [0.29, 0.717) is 71.8 Å². The number of halogens is 2. The average Bonchev–Trinajstić information content (AvgIpc) is 3.77. The molecule has 60 heavy (non-hydrogen) atoms. The van der Waals surface area contributed by atoms with Gasteiger partial charge in [-0.15, -0.1) is 5.10 Å². The Bertz CT molecular complexity index is 2170. The number of nitrogens with zero attached hydrogens (tertiary/aromatic N) is 5. The van der Waals surface area contributed by atoms with E-state index in [-0.39, 0.29) is 61.0 Å². The zero-order valence-electron chi connectivity index (χ0n) is 35.5. The van der Waals surface area contributed by atoms with Gasteiger partial charge in [-0.25, -0.2) is 9.07 Å². The lowest BCUT2D eigenvalue weighted by Crippen LogP contribution is -2.53. The van der Waals surface area contributed by atoms with Gasteiger partial charge in [0.1, 0.15) is 30.4 Å². The molecule has 0 radical (unpaired) electrons. The number of carbonyl (C=O) groups is 4. The summed E-state index contributed by atoms with van der Waals surface area (Å²) in [5.41, 5.74) is 0.679. The summed E-state index contributed by atoms with van der Waals surface area (Å²) in [6.07, 6.45) is 4.99. The standard InChI is InChI=1S/C44H55ClFN5O9/c1-26-33(47-48-51(26)25-60-40(54)42(2,3)4)23-58-38-32(46)19-31(45)29-13-17-50(34(37(29)38)21-49-24-44(15-16-44)20-36(49)52)39(53)30-10-8-9-14-43(30,5)41(55)59-22-27-11-12-28(56-6)18-35(27)57-7/h11-12,18-19,30,34H,8-10,13-17,20-25H2,1-7H3/t30-,34+,43-/m0/s1. The molecule has 1 aromatic heterocycles. The summed E-state index contributed by atoms with van der Waals surface area (Å²) in [5, 5.41) is 8.55. The molecule has 7 rings (SSSR count). The summed E-state index contributed by atoms with van der Waals surface area (Å²) in [6, 6.07) is 5.63. The number of rotatable bonds is 13. The van der Waals surface area contributed by atoms with Crippen LogP contribution in [0.1, 0.15) is 107 Å². The minimum Gasteiger partial charge on any atom is -0.497 e. The van der Waals surface area contributed by atoms with E-state index in [9.17, 15) is 14.4 Å². The number of esters is 2. The van der Waals surface area contributed by atoms with Crippen molar-refractivity contribution in [2.24, 2.45) is 22.2 Å². The number of methoxy groups -OCH3 is 2. The van der Waals surface area contributed by atoms with Gasteiger partial charge in [0.2, 0.25) is 11.8 Å². The van der Waals surface area contributed by atoms with Crippen molar-refractivity contribution in [1.29, 1.82) is 0 Å². The van der Waals surface area contributed by atoms with Crippen LogP contribution >= 0.6 is 11.6 Å². The normalized spacial score (nSPS) is 22.1. The Labute approximate surface area is 354 Å². The third-order valence-electron chi connectivity index (χ3n) is 12.9. The predicted octanol–water partition coefficient (Wildman–Crippen LogP) is 6.90. The van der Waals surface area contributed by atoms with Gasteiger partial charge in [-0.05, 0) is 95.9 Å². The third-order valence-corrected chi connectivity index (χ3v) is 13.2. The molecule has 0 N–H and O–H groups in total. The molecule has 14 nitrogen and oxygen atoms in total. The van der Waals surface area contributed by atoms with E-state index in [4.69, 9.17) is 35.3 Å². The Balaban J connectivity index is 1.18. The van der Waals surface area contributed by atoms with Crippen LogP contribution in [0.4, 0.5) is 4.39 Å². The highest BCUT2D eigenvalue weighted by molar-refractivity contribution is 6.31. The summed E-state index contributed by atoms with van der Waals surface area (Å²) < 4.78 is 46.3. The van der Waals surface area contributed by atoms with Crippen LogP contribution in [0.5, 0.6) is 17.2 Å². The van der Waals surface area contributed by atoms with E-state index in [1.807, 2.05) is 0 Å². The van der Waals surface area contributed by atoms with Gasteiger partial charge in [-0.3, -0.25) is 19.2 Å². The van der Waals surface area contributed by atoms with Gasteiger partial charge in [0, 0.05) is 48.3 Å². The van der Waals surface area contributed by atoms with Crippen LogP contribution in [-0.4, -0.2) is 82.4 Å². The molecule has 324 valence electrons. The maximum atomic E-state index is 16.3. The number of aromatic nitrogens is 3. The molecule has 2 amide bonds. The molecule has 1 spiro atoms. The predicted molar refractivity (Wildman–Crippen MR) is 216 cm³/mol. The van der Waals surface area contributed by atoms with E-state index in [1.54, 1.807) is 69.7 Å². The Morgan fingerprint density at radius 2 is 1.80 bits per heavy atom. The molecule has 1 saturated heterocycles. The quantitative estimate of drug-likeness (QED) is 0.165. The molecule has 2 aromatic carbocycles. The Hall–Kier alpha value is -4.92. The molecular weight excluding hydrogens is 797 g/mol. The van der Waals surface area contributed by atoms with E-state index in [0.717, 1.165) is 25.7 Å². The highest BCUT2D eigenvalue weighted by atomic mass is 35.5. The summed E-state index contributed by atoms with van der Waals surface area (Å²) >= 11 is 6.79. The number of hydrogen-bond acceptors (Lipinski definition) is 11. The molecule has 2 aliphatic heterocycles. The molecule has 2 saturated carbocycles. The van der Waals surface area contributed by atoms with Crippen LogP contribution in [0, 0.1) is 34.9 Å². The third kappa shape index (κ3) is 8.51. The Kier molecular flexibility index (Phi) is 12.1. The minimum absolute atomic E-state index is 0.0172. The minimum atomic E-state index is -1.16. The number of amides is 2. The Morgan fingerprint density at radius 1 is 1.03 bits per heavy atom. The zero-order valence-corrected chi connectivity index (χ0v) is 36.3. The van der Waals surface area contributed by atoms with Gasteiger partial charge < -0.3 is 33.5 Å². The lowest BCUT2D eigenvalue weighted by Gasteiger charge is -2.45. The largest absolute Gasteiger partial charge is 0.497 e. The number of ether oxygens (including phenoxy) is 5. The smallest absolute Gasteiger partial charge is 0.313 e. The number of likely N-dealkylation sites (tertiary alicyclic amines) is 1. The molecule has 0 unspecified atom stereocenters. The van der Waals surface area contributed by atoms with Crippen LogP contribution in [0.3, 0.4) is 0 Å². The summed E-state index contributed by atoms with van der Waals surface area (Å²) in [6.45, 7) is 9.26. The van der Waals surface area contributed by atoms with Crippen molar-refractivity contribution in [3.05, 3.63) is 63.2 Å². The zero-order chi connectivity index (χ0) is 43.1. The van der Waals surface area contributed by atoms with E-state index in [2.05, 4.69) is 10.3 Å². The van der Waals surface area contributed by atoms with Gasteiger partial charge in [0.15, 0.2) is 18.3 Å². The maximum absolute atomic E-state index is 16.3. The molecule has 3 heterocycles. The topological polar surface area (TPSA) is 152 Å². The van der Waals surface area contributed by atoms with Crippen LogP contribution < -0.4 is 14.2 Å². The molecule has 0 bridgehead atoms. The van der Waals surface area contributed by atoms with E-state index in [1.165, 1.54) is 17.9 Å². The molecule has 3 fully saturated rings. The van der Waals surface area contributed by atoms with Gasteiger partial charge >= 0.3 is 11.9 Å². The second-order valence-corrected chi connectivity index (χ2v) is 18.4. The molecule has 4 aliphatic rings. The van der Waals surface area contributed by atoms with Crippen molar-refractivity contribution in [2.75, 3.05) is 33.9 Å². The first-order chi connectivity index (χ1) is 28.5. The number of benzene rings is 2. The van der Waals surface area contributed by atoms with Gasteiger partial charge in [-0.2, -0.15) is 0 Å². The summed E-state index contributed by atoms with van der Waals surface area (Å²) in [7, 11) is 3.08. The van der Waals surface area contributed by atoms with Crippen molar-refractivity contribution in [3.8, 4) is 17.2 Å². The first kappa shape index (κ1) is 43.2. The van der Waals surface area contributed by atoms with Gasteiger partial charge in [0.25, 0.3) is 0 Å². The first-order valence-corrected chi connectivity index (χ1v) is 21.0. The van der Waals surface area contributed by atoms with E-state index < -0.39 is 40.5 Å². The van der Waals surface area contributed by atoms with Gasteiger partial charge in [0.05, 0.1) is 42.7 Å². The molecule has 3 aromatic rings. The fraction of sp³-hybridized carbons (Fsp3) is 0.591. The van der Waals surface area contributed by atoms with Crippen LogP contribution in [0.25, 0.3) is 0 Å². The monoisotopic (exact) mass is 851 g/mol. The Morgan fingerprint density at radius 3 is 2.48 bits per heavy atom. The van der Waals surface area contributed by atoms with Crippen LogP contribution in [-0.2, 0) is 55.0 Å². The molecule has 2 aliphatic carbocycles. The van der Waals surface area contributed by atoms with Crippen molar-refractivity contribution in [3.63, 3.8) is 0 Å². The van der Waals surface area contributed by atoms with Crippen LogP contribution in [0.2, 0.25) is 5.02 Å². The summed E-state index contributed by atoms with van der Waals surface area (Å²) in [5.74, 6) is -1.65. The van der Waals surface area contributed by atoms with E-state index >= 15 is 9.18 Å². The maximum Gasteiger partial charge on any atom is 0.313 e. The van der Waals surface area contributed by atoms with Crippen molar-refractivity contribution in [1.82, 2.24) is 24.8 Å². The number of carbonyl (C=O) groups excluding carboxylic acids is 4. The van der Waals surface area contributed by atoms with Gasteiger partial charge in [-0.1, -0.05) is 29.7 Å². The second kappa shape index (κ2) is 16.9. The van der Waals surface area contributed by atoms with Crippen molar-refractivity contribution in [2.45, 2.75) is 112 Å². The lowest BCUT2D eigenvalue weighted by atomic mass is 9.66. The summed E-state index contributed by atoms with van der Waals surface area (Å²) in [4.78, 5) is 58.8. The fourth-order valence-electron chi connectivity index (χ4n) is 8.86. The highest BCUT2D eigenvalue weighted by Crippen LogP contribution is 2.54.